The Hall–Kier alpha value is -2.87. The minimum absolute atomic E-state index is 0.0416. The van der Waals surface area contributed by atoms with E-state index in [1.165, 1.54) is 10.9 Å². The third-order valence-electron chi connectivity index (χ3n) is 5.15. The molecule has 0 radical (unpaired) electrons. The average Bonchev–Trinajstić information content (AvgIpc) is 3.08. The van der Waals surface area contributed by atoms with Crippen molar-refractivity contribution in [2.24, 2.45) is 11.7 Å². The van der Waals surface area contributed by atoms with Crippen molar-refractivity contribution in [2.45, 2.75) is 44.7 Å². The number of hydrogen-bond donors (Lipinski definition) is 3. The molecule has 2 unspecified atom stereocenters. The van der Waals surface area contributed by atoms with E-state index in [2.05, 4.69) is 15.7 Å². The number of nitrogens with two attached hydrogens (primary N) is 1. The third-order valence-corrected chi connectivity index (χ3v) is 5.15. The summed E-state index contributed by atoms with van der Waals surface area (Å²) in [5.74, 6) is 0.194. The van der Waals surface area contributed by atoms with Gasteiger partial charge in [-0.1, -0.05) is 12.8 Å². The molecule has 1 aromatic carbocycles. The fraction of sp³-hybridized carbons (Fsp3) is 0.450. The van der Waals surface area contributed by atoms with E-state index < -0.39 is 5.54 Å². The standard InChI is InChI=1S/C20H27N5O3/c1-20(21)10-4-3-5-17(20)19(27)24-15-11-22-25(12-15)13-18(26)23-14-6-8-16(28-2)9-7-14/h6-9,11-12,17H,3-5,10,13,21H2,1-2H3,(H,23,26)(H,24,27). The summed E-state index contributed by atoms with van der Waals surface area (Å²) in [6.07, 6.45) is 6.87. The summed E-state index contributed by atoms with van der Waals surface area (Å²) < 4.78 is 6.57. The Morgan fingerprint density at radius 1 is 1.25 bits per heavy atom. The first-order valence-corrected chi connectivity index (χ1v) is 9.43. The fourth-order valence-electron chi connectivity index (χ4n) is 3.55. The molecule has 1 aromatic heterocycles. The number of ether oxygens (including phenoxy) is 1. The first-order valence-electron chi connectivity index (χ1n) is 9.43. The van der Waals surface area contributed by atoms with E-state index in [4.69, 9.17) is 10.5 Å². The average molecular weight is 385 g/mol. The number of aromatic nitrogens is 2. The third kappa shape index (κ3) is 4.89. The summed E-state index contributed by atoms with van der Waals surface area (Å²) in [6.45, 7) is 1.98. The van der Waals surface area contributed by atoms with E-state index >= 15 is 0 Å². The van der Waals surface area contributed by atoms with Crippen LogP contribution in [0.3, 0.4) is 0 Å². The predicted octanol–water partition coefficient (Wildman–Crippen LogP) is 2.38. The minimum atomic E-state index is -0.490. The van der Waals surface area contributed by atoms with Gasteiger partial charge in [0.2, 0.25) is 11.8 Å². The lowest BCUT2D eigenvalue weighted by molar-refractivity contribution is -0.122. The highest BCUT2D eigenvalue weighted by molar-refractivity contribution is 5.93. The van der Waals surface area contributed by atoms with Gasteiger partial charge in [0.1, 0.15) is 12.3 Å². The van der Waals surface area contributed by atoms with Crippen molar-refractivity contribution in [1.82, 2.24) is 9.78 Å². The van der Waals surface area contributed by atoms with Crippen molar-refractivity contribution in [3.05, 3.63) is 36.7 Å². The normalized spacial score (nSPS) is 21.8. The van der Waals surface area contributed by atoms with Gasteiger partial charge in [-0.05, 0) is 44.0 Å². The number of nitrogens with zero attached hydrogens (tertiary/aromatic N) is 2. The molecule has 3 rings (SSSR count). The van der Waals surface area contributed by atoms with Crippen LogP contribution in [-0.2, 0) is 16.1 Å². The number of nitrogens with one attached hydrogen (secondary N) is 2. The van der Waals surface area contributed by atoms with Gasteiger partial charge in [0.25, 0.3) is 0 Å². The summed E-state index contributed by atoms with van der Waals surface area (Å²) in [4.78, 5) is 24.8. The zero-order valence-electron chi connectivity index (χ0n) is 16.3. The highest BCUT2D eigenvalue weighted by atomic mass is 16.5. The van der Waals surface area contributed by atoms with Crippen molar-refractivity contribution in [2.75, 3.05) is 17.7 Å². The Morgan fingerprint density at radius 2 is 2.00 bits per heavy atom. The second kappa shape index (κ2) is 8.43. The number of amides is 2. The van der Waals surface area contributed by atoms with Gasteiger partial charge in [0.05, 0.1) is 24.9 Å². The van der Waals surface area contributed by atoms with Crippen LogP contribution in [0.2, 0.25) is 0 Å². The van der Waals surface area contributed by atoms with Crippen LogP contribution in [0, 0.1) is 5.92 Å². The number of rotatable bonds is 6. The Labute approximate surface area is 164 Å². The van der Waals surface area contributed by atoms with Gasteiger partial charge in [-0.25, -0.2) is 0 Å². The molecule has 4 N–H and O–H groups in total. The number of anilines is 2. The molecule has 0 bridgehead atoms. The molecule has 0 aliphatic heterocycles. The largest absolute Gasteiger partial charge is 0.497 e. The smallest absolute Gasteiger partial charge is 0.246 e. The second-order valence-electron chi connectivity index (χ2n) is 7.50. The van der Waals surface area contributed by atoms with Crippen LogP contribution in [0.1, 0.15) is 32.6 Å². The lowest BCUT2D eigenvalue weighted by atomic mass is 9.74. The minimum Gasteiger partial charge on any atom is -0.497 e. The SMILES string of the molecule is COc1ccc(NC(=O)Cn2cc(NC(=O)C3CCCCC3(C)N)cn2)cc1. The van der Waals surface area contributed by atoms with E-state index in [1.807, 2.05) is 6.92 Å². The first-order chi connectivity index (χ1) is 13.4. The number of methoxy groups -OCH3 is 1. The Kier molecular flexibility index (Phi) is 5.99. The molecule has 0 spiro atoms. The molecule has 150 valence electrons. The molecular weight excluding hydrogens is 358 g/mol. The first kappa shape index (κ1) is 19.9. The summed E-state index contributed by atoms with van der Waals surface area (Å²) in [6, 6.07) is 7.07. The highest BCUT2D eigenvalue weighted by Gasteiger charge is 2.37. The van der Waals surface area contributed by atoms with Crippen molar-refractivity contribution in [3.8, 4) is 5.75 Å². The number of carbonyl (C=O) groups is 2. The Morgan fingerprint density at radius 3 is 2.68 bits per heavy atom. The van der Waals surface area contributed by atoms with Crippen LogP contribution >= 0.6 is 0 Å². The molecule has 1 aliphatic carbocycles. The molecule has 28 heavy (non-hydrogen) atoms. The van der Waals surface area contributed by atoms with Gasteiger partial charge in [0, 0.05) is 17.4 Å². The molecule has 1 heterocycles. The van der Waals surface area contributed by atoms with E-state index in [-0.39, 0.29) is 24.3 Å². The van der Waals surface area contributed by atoms with Gasteiger partial charge >= 0.3 is 0 Å². The molecule has 2 atom stereocenters. The summed E-state index contributed by atoms with van der Waals surface area (Å²) in [5, 5.41) is 9.82. The highest BCUT2D eigenvalue weighted by Crippen LogP contribution is 2.32. The Bertz CT molecular complexity index is 829. The molecule has 1 aliphatic rings. The summed E-state index contributed by atoms with van der Waals surface area (Å²) in [7, 11) is 1.59. The number of carbonyl (C=O) groups excluding carboxylic acids is 2. The van der Waals surface area contributed by atoms with Crippen LogP contribution in [0.5, 0.6) is 5.75 Å². The monoisotopic (exact) mass is 385 g/mol. The van der Waals surface area contributed by atoms with Crippen LogP contribution in [0.15, 0.2) is 36.7 Å². The maximum absolute atomic E-state index is 12.6. The molecule has 1 saturated carbocycles. The molecular formula is C20H27N5O3. The van der Waals surface area contributed by atoms with Crippen molar-refractivity contribution >= 4 is 23.2 Å². The molecule has 8 nitrogen and oxygen atoms in total. The van der Waals surface area contributed by atoms with E-state index in [0.717, 1.165) is 31.4 Å². The fourth-order valence-corrected chi connectivity index (χ4v) is 3.55. The van der Waals surface area contributed by atoms with Gasteiger partial charge in [-0.2, -0.15) is 5.10 Å². The quantitative estimate of drug-likeness (QED) is 0.707. The van der Waals surface area contributed by atoms with Crippen LogP contribution in [0.4, 0.5) is 11.4 Å². The van der Waals surface area contributed by atoms with E-state index in [9.17, 15) is 9.59 Å². The van der Waals surface area contributed by atoms with Gasteiger partial charge in [-0.15, -0.1) is 0 Å². The van der Waals surface area contributed by atoms with E-state index in [0.29, 0.717) is 11.4 Å². The number of benzene rings is 1. The topological polar surface area (TPSA) is 111 Å². The summed E-state index contributed by atoms with van der Waals surface area (Å²) >= 11 is 0. The predicted molar refractivity (Wildman–Crippen MR) is 107 cm³/mol. The number of hydrogen-bond acceptors (Lipinski definition) is 5. The van der Waals surface area contributed by atoms with Crippen molar-refractivity contribution in [1.29, 1.82) is 0 Å². The maximum atomic E-state index is 12.6. The van der Waals surface area contributed by atoms with E-state index in [1.54, 1.807) is 37.6 Å². The zero-order valence-corrected chi connectivity index (χ0v) is 16.3. The molecule has 1 fully saturated rings. The zero-order chi connectivity index (χ0) is 20.1. The molecule has 0 saturated heterocycles. The van der Waals surface area contributed by atoms with Crippen molar-refractivity contribution < 1.29 is 14.3 Å². The van der Waals surface area contributed by atoms with Crippen LogP contribution in [-0.4, -0.2) is 34.2 Å². The Balaban J connectivity index is 1.54. The molecule has 8 heteroatoms. The van der Waals surface area contributed by atoms with Crippen LogP contribution in [0.25, 0.3) is 0 Å². The van der Waals surface area contributed by atoms with Crippen LogP contribution < -0.4 is 21.1 Å². The lowest BCUT2D eigenvalue weighted by Gasteiger charge is -2.37. The van der Waals surface area contributed by atoms with Gasteiger partial charge in [-0.3, -0.25) is 14.3 Å². The van der Waals surface area contributed by atoms with Gasteiger partial charge < -0.3 is 21.1 Å². The summed E-state index contributed by atoms with van der Waals surface area (Å²) in [5.41, 5.74) is 7.04. The van der Waals surface area contributed by atoms with Crippen molar-refractivity contribution in [3.63, 3.8) is 0 Å². The lowest BCUT2D eigenvalue weighted by Crippen LogP contribution is -2.51. The molecule has 2 amide bonds. The van der Waals surface area contributed by atoms with Gasteiger partial charge in [0.15, 0.2) is 0 Å². The maximum Gasteiger partial charge on any atom is 0.246 e. The second-order valence-corrected chi connectivity index (χ2v) is 7.50. The molecule has 2 aromatic rings.